The Bertz CT molecular complexity index is 360. The van der Waals surface area contributed by atoms with Gasteiger partial charge in [0.2, 0.25) is 5.91 Å². The molecule has 1 aliphatic heterocycles. The van der Waals surface area contributed by atoms with Crippen LogP contribution in [-0.2, 0) is 9.59 Å². The predicted molar refractivity (Wildman–Crippen MR) is 60.2 cm³/mol. The van der Waals surface area contributed by atoms with E-state index in [-0.39, 0.29) is 23.8 Å². The van der Waals surface area contributed by atoms with Crippen molar-refractivity contribution >= 4 is 11.9 Å². The molecule has 1 saturated carbocycles. The third-order valence-electron chi connectivity index (χ3n) is 4.06. The molecule has 0 aromatic rings. The summed E-state index contributed by atoms with van der Waals surface area (Å²) in [5.41, 5.74) is 0.0987. The number of carboxylic acid groups (broad SMARTS) is 1. The van der Waals surface area contributed by atoms with Gasteiger partial charge in [0.25, 0.3) is 0 Å². The van der Waals surface area contributed by atoms with Crippen molar-refractivity contribution in [3.8, 4) is 0 Å². The highest BCUT2D eigenvalue weighted by molar-refractivity contribution is 5.94. The van der Waals surface area contributed by atoms with Crippen LogP contribution in [-0.4, -0.2) is 46.7 Å². The van der Waals surface area contributed by atoms with Crippen molar-refractivity contribution in [1.82, 2.24) is 4.90 Å². The van der Waals surface area contributed by atoms with Gasteiger partial charge in [-0.25, -0.2) is 4.79 Å². The van der Waals surface area contributed by atoms with Crippen molar-refractivity contribution < 1.29 is 19.8 Å². The first-order valence-electron chi connectivity index (χ1n) is 5.88. The molecule has 0 bridgehead atoms. The van der Waals surface area contributed by atoms with Crippen LogP contribution in [0.4, 0.5) is 0 Å². The van der Waals surface area contributed by atoms with E-state index in [9.17, 15) is 14.7 Å². The molecule has 0 unspecified atom stereocenters. The molecule has 94 valence electrons. The zero-order chi connectivity index (χ0) is 12.5. The monoisotopic (exact) mass is 239 g/mol. The summed E-state index contributed by atoms with van der Waals surface area (Å²) in [5.74, 6) is -1.23. The number of carbonyl (C=O) groups excluding carboxylic acids is 1. The van der Waals surface area contributed by atoms with Gasteiger partial charge in [-0.3, -0.25) is 4.79 Å². The average molecular weight is 239 g/mol. The minimum Gasteiger partial charge on any atom is -0.478 e. The smallest absolute Gasteiger partial charge is 0.328 e. The Morgan fingerprint density at radius 3 is 2.47 bits per heavy atom. The van der Waals surface area contributed by atoms with Crippen molar-refractivity contribution in [1.29, 1.82) is 0 Å². The molecule has 1 atom stereocenters. The van der Waals surface area contributed by atoms with Crippen molar-refractivity contribution in [2.45, 2.75) is 19.3 Å². The summed E-state index contributed by atoms with van der Waals surface area (Å²) in [6.07, 6.45) is 5.23. The molecule has 2 rings (SSSR count). The van der Waals surface area contributed by atoms with Crippen LogP contribution in [0.15, 0.2) is 12.2 Å². The normalized spacial score (nSPS) is 26.4. The lowest BCUT2D eigenvalue weighted by molar-refractivity contribution is -0.132. The van der Waals surface area contributed by atoms with E-state index in [0.717, 1.165) is 31.4 Å². The summed E-state index contributed by atoms with van der Waals surface area (Å²) in [7, 11) is 0. The number of nitrogens with zero attached hydrogens (tertiary/aromatic N) is 1. The van der Waals surface area contributed by atoms with Gasteiger partial charge >= 0.3 is 5.97 Å². The molecule has 0 aromatic heterocycles. The molecule has 17 heavy (non-hydrogen) atoms. The fourth-order valence-corrected chi connectivity index (χ4v) is 2.90. The van der Waals surface area contributed by atoms with Crippen LogP contribution in [0.3, 0.4) is 0 Å². The van der Waals surface area contributed by atoms with Crippen LogP contribution < -0.4 is 0 Å². The van der Waals surface area contributed by atoms with Gasteiger partial charge in [0.15, 0.2) is 0 Å². The van der Waals surface area contributed by atoms with Crippen LogP contribution in [0, 0.1) is 11.3 Å². The maximum absolute atomic E-state index is 11.7. The highest BCUT2D eigenvalue weighted by Gasteiger charge is 2.50. The molecule has 1 saturated heterocycles. The minimum atomic E-state index is -1.12. The second-order valence-corrected chi connectivity index (χ2v) is 4.99. The second-order valence-electron chi connectivity index (χ2n) is 4.99. The van der Waals surface area contributed by atoms with Crippen molar-refractivity contribution in [3.63, 3.8) is 0 Å². The fourth-order valence-electron chi connectivity index (χ4n) is 2.90. The van der Waals surface area contributed by atoms with Crippen molar-refractivity contribution in [2.75, 3.05) is 19.7 Å². The van der Waals surface area contributed by atoms with E-state index in [4.69, 9.17) is 5.11 Å². The zero-order valence-corrected chi connectivity index (χ0v) is 9.63. The van der Waals surface area contributed by atoms with Gasteiger partial charge in [-0.05, 0) is 18.3 Å². The number of hydrogen-bond acceptors (Lipinski definition) is 3. The van der Waals surface area contributed by atoms with Crippen molar-refractivity contribution in [3.05, 3.63) is 12.2 Å². The zero-order valence-electron chi connectivity index (χ0n) is 9.63. The Morgan fingerprint density at radius 2 is 2.06 bits per heavy atom. The van der Waals surface area contributed by atoms with Crippen molar-refractivity contribution in [2.24, 2.45) is 11.3 Å². The lowest BCUT2D eigenvalue weighted by atomic mass is 9.63. The van der Waals surface area contributed by atoms with E-state index < -0.39 is 5.97 Å². The van der Waals surface area contributed by atoms with E-state index in [1.807, 2.05) is 0 Å². The number of aliphatic carboxylic acids is 1. The number of aliphatic hydroxyl groups is 1. The molecule has 5 nitrogen and oxygen atoms in total. The molecule has 1 aliphatic carbocycles. The summed E-state index contributed by atoms with van der Waals surface area (Å²) in [6, 6.07) is 0. The molecule has 2 N–H and O–H groups in total. The van der Waals surface area contributed by atoms with Gasteiger partial charge in [0.05, 0.1) is 0 Å². The van der Waals surface area contributed by atoms with Crippen LogP contribution in [0.25, 0.3) is 0 Å². The minimum absolute atomic E-state index is 0.0987. The Balaban J connectivity index is 2.00. The molecule has 1 amide bonds. The molecular formula is C12H17NO4. The first kappa shape index (κ1) is 12.1. The van der Waals surface area contributed by atoms with Crippen LogP contribution >= 0.6 is 0 Å². The molecule has 1 heterocycles. The molecule has 2 aliphatic rings. The molecule has 0 radical (unpaired) electrons. The predicted octanol–water partition coefficient (Wildman–Crippen LogP) is 0.248. The summed E-state index contributed by atoms with van der Waals surface area (Å²) >= 11 is 0. The van der Waals surface area contributed by atoms with Gasteiger partial charge in [-0.2, -0.15) is 0 Å². The molecule has 5 heteroatoms. The van der Waals surface area contributed by atoms with Gasteiger partial charge in [0, 0.05) is 37.8 Å². The van der Waals surface area contributed by atoms with E-state index in [1.165, 1.54) is 0 Å². The maximum atomic E-state index is 11.7. The van der Waals surface area contributed by atoms with Crippen LogP contribution in [0.1, 0.15) is 19.3 Å². The Morgan fingerprint density at radius 1 is 1.35 bits per heavy atom. The van der Waals surface area contributed by atoms with E-state index in [0.29, 0.717) is 13.1 Å². The molecule has 0 aromatic carbocycles. The first-order valence-corrected chi connectivity index (χ1v) is 5.88. The number of likely N-dealkylation sites (tertiary alicyclic amines) is 1. The standard InChI is InChI=1S/C12H17NO4/c14-7-9-6-13(8-12(9)4-1-5-12)10(15)2-3-11(16)17/h2-3,9,14H,1,4-8H2,(H,16,17)/b3-2+/t9-/m0/s1. The Labute approximate surface area is 99.7 Å². The molecule has 2 fully saturated rings. The average Bonchev–Trinajstić information content (AvgIpc) is 2.64. The lowest BCUT2D eigenvalue weighted by Gasteiger charge is -2.42. The molecule has 1 spiro atoms. The maximum Gasteiger partial charge on any atom is 0.328 e. The lowest BCUT2D eigenvalue weighted by Crippen LogP contribution is -2.39. The number of hydrogen-bond donors (Lipinski definition) is 2. The summed E-state index contributed by atoms with van der Waals surface area (Å²) in [6.45, 7) is 1.30. The van der Waals surface area contributed by atoms with E-state index in [1.54, 1.807) is 4.90 Å². The van der Waals surface area contributed by atoms with Crippen LogP contribution in [0.5, 0.6) is 0 Å². The fraction of sp³-hybridized carbons (Fsp3) is 0.667. The van der Waals surface area contributed by atoms with E-state index >= 15 is 0 Å². The first-order chi connectivity index (χ1) is 8.07. The number of aliphatic hydroxyl groups excluding tert-OH is 1. The summed E-state index contributed by atoms with van der Waals surface area (Å²) in [5, 5.41) is 17.8. The number of carbonyl (C=O) groups is 2. The Kier molecular flexibility index (Phi) is 3.19. The third-order valence-corrected chi connectivity index (χ3v) is 4.06. The summed E-state index contributed by atoms with van der Waals surface area (Å²) in [4.78, 5) is 23.7. The number of amides is 1. The van der Waals surface area contributed by atoms with Gasteiger partial charge in [0.1, 0.15) is 0 Å². The highest BCUT2D eigenvalue weighted by Crippen LogP contribution is 2.51. The molecular weight excluding hydrogens is 222 g/mol. The van der Waals surface area contributed by atoms with E-state index in [2.05, 4.69) is 0 Å². The summed E-state index contributed by atoms with van der Waals surface area (Å²) < 4.78 is 0. The highest BCUT2D eigenvalue weighted by atomic mass is 16.4. The second kappa shape index (κ2) is 4.49. The number of carboxylic acids is 1. The largest absolute Gasteiger partial charge is 0.478 e. The Hall–Kier alpha value is -1.36. The quantitative estimate of drug-likeness (QED) is 0.692. The van der Waals surface area contributed by atoms with Gasteiger partial charge in [-0.1, -0.05) is 6.42 Å². The topological polar surface area (TPSA) is 77.8 Å². The number of rotatable bonds is 3. The SMILES string of the molecule is O=C(O)/C=C/C(=O)N1C[C@@H](CO)C2(CCC2)C1. The van der Waals surface area contributed by atoms with Crippen LogP contribution in [0.2, 0.25) is 0 Å². The van der Waals surface area contributed by atoms with Gasteiger partial charge < -0.3 is 15.1 Å². The third kappa shape index (κ3) is 2.20. The van der Waals surface area contributed by atoms with Gasteiger partial charge in [-0.15, -0.1) is 0 Å².